The molecule has 104 heavy (non-hydrogen) atoms. The maximum absolute atomic E-state index is 15.5. The number of aromatic amines is 9. The molecule has 21 heteroatoms. The molecular formula is C83H63N9O12. The maximum Gasteiger partial charge on any atom is 0.236 e. The second-order valence-corrected chi connectivity index (χ2v) is 28.3. The number of H-pyrrole nitrogens is 9. The Morgan fingerprint density at radius 1 is 0.260 bits per heavy atom. The van der Waals surface area contributed by atoms with E-state index in [9.17, 15) is 35.4 Å². The van der Waals surface area contributed by atoms with E-state index in [-0.39, 0.29) is 113 Å². The number of aromatic nitrogens is 9. The first-order valence-electron chi connectivity index (χ1n) is 33.7. The Labute approximate surface area is 589 Å². The van der Waals surface area contributed by atoms with Crippen molar-refractivity contribution in [3.63, 3.8) is 0 Å². The molecular weight excluding hydrogens is 1310 g/mol. The molecule has 4 aromatic carbocycles. The molecule has 9 aromatic heterocycles. The lowest BCUT2D eigenvalue weighted by molar-refractivity contribution is -0.130. The highest BCUT2D eigenvalue weighted by Gasteiger charge is 2.48. The van der Waals surface area contributed by atoms with Crippen molar-refractivity contribution in [3.8, 4) is 45.3 Å². The van der Waals surface area contributed by atoms with Crippen LogP contribution in [0.4, 0.5) is 0 Å². The number of fused-ring (bicyclic) bond motifs is 9. The molecule has 0 bridgehead atoms. The highest BCUT2D eigenvalue weighted by molar-refractivity contribution is 6.73. The summed E-state index contributed by atoms with van der Waals surface area (Å²) < 4.78 is 0. The molecule has 5 aliphatic carbocycles. The zero-order chi connectivity index (χ0) is 72.9. The van der Waals surface area contributed by atoms with E-state index in [1.54, 1.807) is 77.9 Å². The van der Waals surface area contributed by atoms with Gasteiger partial charge in [-0.05, 0) is 166 Å². The van der Waals surface area contributed by atoms with Gasteiger partial charge in [-0.25, -0.2) is 0 Å². The molecule has 0 saturated heterocycles. The van der Waals surface area contributed by atoms with Gasteiger partial charge in [-0.2, -0.15) is 0 Å². The van der Waals surface area contributed by atoms with E-state index in [0.29, 0.717) is 128 Å². The number of aliphatic hydroxyl groups excluding tert-OH is 2. The predicted molar refractivity (Wildman–Crippen MR) is 398 cm³/mol. The number of carbonyl (C=O) groups excluding carboxylic acids is 6. The van der Waals surface area contributed by atoms with Crippen molar-refractivity contribution < 1.29 is 59.4 Å². The van der Waals surface area contributed by atoms with E-state index in [1.165, 1.54) is 18.2 Å². The molecule has 0 saturated carbocycles. The highest BCUT2D eigenvalue weighted by Crippen LogP contribution is 2.56. The minimum atomic E-state index is -1.21. The van der Waals surface area contributed by atoms with Crippen molar-refractivity contribution in [3.05, 3.63) is 232 Å². The Morgan fingerprint density at radius 2 is 0.663 bits per heavy atom. The topological polar surface area (TPSA) is 366 Å². The minimum Gasteiger partial charge on any atom is -0.508 e. The molecule has 0 radical (unpaired) electrons. The molecule has 0 spiro atoms. The van der Waals surface area contributed by atoms with E-state index in [1.807, 2.05) is 71.0 Å². The Morgan fingerprint density at radius 3 is 1.28 bits per heavy atom. The number of ketones is 6. The van der Waals surface area contributed by atoms with Crippen LogP contribution in [0.5, 0.6) is 23.0 Å². The zero-order valence-electron chi connectivity index (χ0n) is 57.8. The third-order valence-corrected chi connectivity index (χ3v) is 21.2. The number of aryl methyl sites for hydroxylation is 11. The number of hydrogen-bond donors (Lipinski definition) is 15. The van der Waals surface area contributed by atoms with Crippen molar-refractivity contribution in [2.45, 2.75) is 76.2 Å². The van der Waals surface area contributed by atoms with Gasteiger partial charge < -0.3 is 75.5 Å². The van der Waals surface area contributed by atoms with Gasteiger partial charge in [0.15, 0.2) is 34.6 Å². The van der Waals surface area contributed by atoms with E-state index in [0.717, 1.165) is 27.9 Å². The molecule has 0 fully saturated rings. The summed E-state index contributed by atoms with van der Waals surface area (Å²) in [5.41, 5.74) is 13.5. The molecule has 0 atom stereocenters. The molecule has 0 unspecified atom stereocenters. The number of benzene rings is 4. The molecule has 0 amide bonds. The first kappa shape index (κ1) is 62.7. The minimum absolute atomic E-state index is 0.00494. The summed E-state index contributed by atoms with van der Waals surface area (Å²) in [4.78, 5) is 122. The Kier molecular flexibility index (Phi) is 12.8. The third-order valence-electron chi connectivity index (χ3n) is 21.2. The monoisotopic (exact) mass is 1380 g/mol. The standard InChI is InChI=1S/C83H63N9O12/c1-27-14-40-36(10)76(97)80(101)62(71(40)88-27)38-12-13-39(68-43(38)15-29(3)85-68)57-47-18-31(5)87-70(47)52(26-54(57)94)58-48-19-33(7)91-74(48)65(82(103)77(58)98)61-51-22-35(9)92-75(51)66(83(104)79(61)100)60-50-21-34(8)90-73(50)63(81(102)78(60)99)42-24-56(96)64(72-45(42)17-30(4)89-72)59-49-20-32(6)86-69(49)46(25-55(59)95)41-23-53(93)37(11)67-44(41)16-28(2)84-67/h12-26,84-94,97-98,101-102H,1-11H3/b64-59+,65-61-,66-60-. The average Bonchev–Trinajstić information content (AvgIpc) is 1.44. The number of hydrogen-bond acceptors (Lipinski definition) is 12. The first-order valence-corrected chi connectivity index (χ1v) is 33.7. The van der Waals surface area contributed by atoms with Crippen molar-refractivity contribution >= 4 is 134 Å². The average molecular weight is 1380 g/mol. The van der Waals surface area contributed by atoms with Gasteiger partial charge in [-0.3, -0.25) is 28.8 Å². The van der Waals surface area contributed by atoms with Crippen LogP contribution in [0.1, 0.15) is 130 Å². The van der Waals surface area contributed by atoms with E-state index < -0.39 is 51.8 Å². The second kappa shape index (κ2) is 21.3. The van der Waals surface area contributed by atoms with E-state index >= 15 is 24.0 Å². The quantitative estimate of drug-likeness (QED) is 0.0434. The number of phenolic OH excluding ortho intramolecular Hbond substituents is 4. The predicted octanol–water partition coefficient (Wildman–Crippen LogP) is 15.1. The molecule has 0 aliphatic heterocycles. The van der Waals surface area contributed by atoms with E-state index in [4.69, 9.17) is 0 Å². The van der Waals surface area contributed by atoms with Crippen LogP contribution >= 0.6 is 0 Å². The second-order valence-electron chi connectivity index (χ2n) is 28.3. The summed E-state index contributed by atoms with van der Waals surface area (Å²) in [6, 6.07) is 22.7. The van der Waals surface area contributed by atoms with Crippen molar-refractivity contribution in [1.29, 1.82) is 0 Å². The summed E-state index contributed by atoms with van der Waals surface area (Å²) in [6.07, 6.45) is 2.73. The fraction of sp³-hybridized carbons (Fsp3) is 0.133. The van der Waals surface area contributed by atoms with Gasteiger partial charge in [0.1, 0.15) is 11.5 Å². The summed E-state index contributed by atoms with van der Waals surface area (Å²) in [7, 11) is 0. The van der Waals surface area contributed by atoms with Gasteiger partial charge in [0.25, 0.3) is 0 Å². The summed E-state index contributed by atoms with van der Waals surface area (Å²) in [5, 5.41) is 74.6. The van der Waals surface area contributed by atoms with Crippen LogP contribution in [0.3, 0.4) is 0 Å². The van der Waals surface area contributed by atoms with Gasteiger partial charge >= 0.3 is 0 Å². The van der Waals surface area contributed by atoms with Crippen molar-refractivity contribution in [2.24, 2.45) is 0 Å². The summed E-state index contributed by atoms with van der Waals surface area (Å²) in [5.74, 6) is -8.02. The van der Waals surface area contributed by atoms with Crippen LogP contribution in [0.25, 0.3) is 122 Å². The van der Waals surface area contributed by atoms with Crippen molar-refractivity contribution in [2.75, 3.05) is 0 Å². The fourth-order valence-electron chi connectivity index (χ4n) is 16.9. The third kappa shape index (κ3) is 8.42. The Hall–Kier alpha value is -13.6. The maximum atomic E-state index is 15.5. The number of allylic oxidation sites excluding steroid dienone is 10. The van der Waals surface area contributed by atoms with Crippen LogP contribution < -0.4 is 0 Å². The summed E-state index contributed by atoms with van der Waals surface area (Å²) >= 11 is 0. The van der Waals surface area contributed by atoms with Gasteiger partial charge in [0, 0.05) is 162 Å². The van der Waals surface area contributed by atoms with Crippen LogP contribution in [-0.2, 0) is 28.8 Å². The number of phenols is 4. The normalized spacial score (nSPS) is 17.6. The summed E-state index contributed by atoms with van der Waals surface area (Å²) in [6.45, 7) is 19.7. The van der Waals surface area contributed by atoms with Gasteiger partial charge in [0.2, 0.25) is 23.1 Å². The number of carbonyl (C=O) groups is 6. The van der Waals surface area contributed by atoms with Crippen LogP contribution in [0.2, 0.25) is 0 Å². The van der Waals surface area contributed by atoms with Gasteiger partial charge in [-0.15, -0.1) is 0 Å². The number of aliphatic hydroxyl groups is 2. The molecule has 15 N–H and O–H groups in total. The highest BCUT2D eigenvalue weighted by atomic mass is 16.3. The molecule has 13 aromatic rings. The Balaban J connectivity index is 0.743. The Bertz CT molecular complexity index is 6660. The van der Waals surface area contributed by atoms with Gasteiger partial charge in [0.05, 0.1) is 78.4 Å². The zero-order valence-corrected chi connectivity index (χ0v) is 57.8. The number of rotatable bonds is 5. The lowest BCUT2D eigenvalue weighted by Crippen LogP contribution is -2.29. The lowest BCUT2D eigenvalue weighted by atomic mass is 9.74. The molecule has 9 heterocycles. The van der Waals surface area contributed by atoms with E-state index in [2.05, 4.69) is 44.9 Å². The lowest BCUT2D eigenvalue weighted by Gasteiger charge is -2.27. The van der Waals surface area contributed by atoms with Crippen LogP contribution in [-0.4, -0.2) is 110 Å². The fourth-order valence-corrected chi connectivity index (χ4v) is 16.9. The smallest absolute Gasteiger partial charge is 0.236 e. The molecule has 21 nitrogen and oxygen atoms in total. The largest absolute Gasteiger partial charge is 0.508 e. The van der Waals surface area contributed by atoms with Crippen LogP contribution in [0.15, 0.2) is 103 Å². The SMILES string of the molecule is Cc1cc2c([nH]1)C(c1cc(O)c(C)c3[nH]c(C)cc13)=CC(=O)/C2=C1\C(=O)C=C(C2=C(O)C(=O)/C(=C3\C(=O)C(=O)/C(=C4\C(=O)C(O)=C(c5cc(O)c(-c6ccc(-c7c(O)c(O)c(C)c8cc(C)[nH]c78)c7cc(C)[nH]c67)c6cc(C)[nH]c56)c5cc(C)[nH]c54)c4cc(C)[nH]c43)c3cc(C)[nH]c32)c2cc(C)[nH]c21. The van der Waals surface area contributed by atoms with Crippen LogP contribution in [0, 0.1) is 76.2 Å². The molecule has 18 rings (SSSR count). The van der Waals surface area contributed by atoms with Crippen molar-refractivity contribution in [1.82, 2.24) is 44.9 Å². The number of aromatic hydroxyl groups is 4. The molecule has 5 aliphatic rings. The molecule has 512 valence electrons. The first-order chi connectivity index (χ1) is 49.6. The number of nitrogens with one attached hydrogen (secondary N) is 9. The number of Topliss-reactive ketones (excluding diaryl/α,β-unsaturated/α-hetero) is 4. The van der Waals surface area contributed by atoms with Gasteiger partial charge in [-0.1, -0.05) is 12.1 Å².